The minimum absolute atomic E-state index is 0.0887. The van der Waals surface area contributed by atoms with Crippen molar-refractivity contribution in [2.75, 3.05) is 13.7 Å². The van der Waals surface area contributed by atoms with Crippen LogP contribution in [0, 0.1) is 0 Å². The van der Waals surface area contributed by atoms with E-state index in [4.69, 9.17) is 18.6 Å². The van der Waals surface area contributed by atoms with E-state index in [2.05, 4.69) is 31.9 Å². The molecule has 3 rings (SSSR count). The molecule has 26 heavy (non-hydrogen) atoms. The molecule has 0 spiro atoms. The van der Waals surface area contributed by atoms with Gasteiger partial charge in [-0.15, -0.1) is 0 Å². The second-order valence-corrected chi connectivity index (χ2v) is 7.12. The lowest BCUT2D eigenvalue weighted by Crippen LogP contribution is -2.08. The molecule has 136 valence electrons. The number of benzene rings is 2. The summed E-state index contributed by atoms with van der Waals surface area (Å²) in [5.74, 6) is 1.22. The number of ether oxygens (including phenoxy) is 3. The lowest BCUT2D eigenvalue weighted by molar-refractivity contribution is 0.0523. The maximum Gasteiger partial charge on any atom is 0.342 e. The van der Waals surface area contributed by atoms with Crippen LogP contribution in [0.2, 0.25) is 0 Å². The number of hydrogen-bond acceptors (Lipinski definition) is 5. The zero-order valence-electron chi connectivity index (χ0n) is 14.2. The molecule has 3 aromatic rings. The summed E-state index contributed by atoms with van der Waals surface area (Å²) in [5.41, 5.74) is 0.927. The van der Waals surface area contributed by atoms with Gasteiger partial charge in [0.05, 0.1) is 18.2 Å². The van der Waals surface area contributed by atoms with Gasteiger partial charge in [-0.25, -0.2) is 4.79 Å². The van der Waals surface area contributed by atoms with Crippen molar-refractivity contribution in [1.82, 2.24) is 0 Å². The van der Waals surface area contributed by atoms with Gasteiger partial charge >= 0.3 is 5.97 Å². The number of carbonyl (C=O) groups is 1. The zero-order valence-corrected chi connectivity index (χ0v) is 17.3. The molecule has 0 atom stereocenters. The second kappa shape index (κ2) is 8.14. The Bertz CT molecular complexity index is 948. The van der Waals surface area contributed by atoms with Crippen molar-refractivity contribution in [3.63, 3.8) is 0 Å². The van der Waals surface area contributed by atoms with Gasteiger partial charge in [0.25, 0.3) is 0 Å². The Hall–Kier alpha value is -1.99. The smallest absolute Gasteiger partial charge is 0.342 e. The molecule has 1 aromatic heterocycles. The number of esters is 1. The maximum atomic E-state index is 12.5. The van der Waals surface area contributed by atoms with Gasteiger partial charge in [-0.1, -0.05) is 15.9 Å². The predicted octanol–water partition coefficient (Wildman–Crippen LogP) is 5.72. The van der Waals surface area contributed by atoms with Gasteiger partial charge in [-0.2, -0.15) is 0 Å². The van der Waals surface area contributed by atoms with Gasteiger partial charge in [0.1, 0.15) is 29.3 Å². The van der Waals surface area contributed by atoms with Crippen LogP contribution in [-0.4, -0.2) is 19.7 Å². The summed E-state index contributed by atoms with van der Waals surface area (Å²) in [5, 5.41) is 0.635. The van der Waals surface area contributed by atoms with Crippen LogP contribution in [0.15, 0.2) is 49.8 Å². The molecule has 0 bridgehead atoms. The fourth-order valence-corrected chi connectivity index (χ4v) is 3.68. The number of methoxy groups -OCH3 is 1. The van der Waals surface area contributed by atoms with E-state index in [-0.39, 0.29) is 13.2 Å². The molecule has 0 saturated carbocycles. The molecule has 0 aliphatic carbocycles. The number of halogens is 2. The average molecular weight is 484 g/mol. The zero-order chi connectivity index (χ0) is 18.7. The van der Waals surface area contributed by atoms with Gasteiger partial charge in [-0.3, -0.25) is 0 Å². The Kier molecular flexibility index (Phi) is 5.88. The van der Waals surface area contributed by atoms with E-state index in [0.717, 1.165) is 8.95 Å². The third-order valence-corrected chi connectivity index (χ3v) is 4.81. The highest BCUT2D eigenvalue weighted by Crippen LogP contribution is 2.33. The van der Waals surface area contributed by atoms with Crippen LogP contribution in [0.1, 0.15) is 23.0 Å². The van der Waals surface area contributed by atoms with E-state index in [9.17, 15) is 4.79 Å². The molecular formula is C19H16Br2O5. The second-order valence-electron chi connectivity index (χ2n) is 5.35. The Morgan fingerprint density at radius 3 is 2.65 bits per heavy atom. The Morgan fingerprint density at radius 1 is 1.15 bits per heavy atom. The van der Waals surface area contributed by atoms with Gasteiger partial charge in [0.15, 0.2) is 5.76 Å². The third kappa shape index (κ3) is 3.88. The van der Waals surface area contributed by atoms with E-state index < -0.39 is 5.97 Å². The molecule has 0 fully saturated rings. The van der Waals surface area contributed by atoms with Crippen LogP contribution in [0.25, 0.3) is 11.0 Å². The molecule has 0 unspecified atom stereocenters. The minimum Gasteiger partial charge on any atom is -0.497 e. The fraction of sp³-hybridized carbons (Fsp3) is 0.211. The summed E-state index contributed by atoms with van der Waals surface area (Å²) in [4.78, 5) is 12.5. The molecule has 0 N–H and O–H groups in total. The lowest BCUT2D eigenvalue weighted by Gasteiger charge is -2.08. The molecule has 1 heterocycles. The molecule has 0 aliphatic heterocycles. The molecule has 0 aliphatic rings. The van der Waals surface area contributed by atoms with E-state index >= 15 is 0 Å². The van der Waals surface area contributed by atoms with E-state index in [1.807, 2.05) is 18.2 Å². The predicted molar refractivity (Wildman–Crippen MR) is 105 cm³/mol. The summed E-state index contributed by atoms with van der Waals surface area (Å²) in [6.45, 7) is 2.12. The molecule has 0 radical (unpaired) electrons. The van der Waals surface area contributed by atoms with Gasteiger partial charge in [-0.05, 0) is 59.3 Å². The first-order valence-corrected chi connectivity index (χ1v) is 9.46. The molecule has 7 heteroatoms. The van der Waals surface area contributed by atoms with Crippen molar-refractivity contribution in [3.8, 4) is 11.5 Å². The summed E-state index contributed by atoms with van der Waals surface area (Å²) >= 11 is 6.85. The van der Waals surface area contributed by atoms with Crippen molar-refractivity contribution in [2.24, 2.45) is 0 Å². The van der Waals surface area contributed by atoms with Crippen molar-refractivity contribution < 1.29 is 23.4 Å². The van der Waals surface area contributed by atoms with E-state index in [0.29, 0.717) is 33.8 Å². The first-order valence-electron chi connectivity index (χ1n) is 7.88. The Balaban J connectivity index is 1.98. The minimum atomic E-state index is -0.451. The van der Waals surface area contributed by atoms with Gasteiger partial charge in [0.2, 0.25) is 0 Å². The number of rotatable bonds is 6. The standard InChI is InChI=1S/C19H16Br2O5/c1-3-24-19(22)18-13-9-12(23-2)5-7-15(13)26-17(18)10-25-16-6-4-11(20)8-14(16)21/h4-9H,3,10H2,1-2H3. The van der Waals surface area contributed by atoms with E-state index in [1.165, 1.54) is 0 Å². The summed E-state index contributed by atoms with van der Waals surface area (Å²) in [6.07, 6.45) is 0. The SMILES string of the molecule is CCOC(=O)c1c(COc2ccc(Br)cc2Br)oc2ccc(OC)cc12. The summed E-state index contributed by atoms with van der Waals surface area (Å²) in [6, 6.07) is 10.9. The Morgan fingerprint density at radius 2 is 1.96 bits per heavy atom. The van der Waals surface area contributed by atoms with Gasteiger partial charge < -0.3 is 18.6 Å². The van der Waals surface area contributed by atoms with Gasteiger partial charge in [0, 0.05) is 9.86 Å². The monoisotopic (exact) mass is 482 g/mol. The normalized spacial score (nSPS) is 10.8. The van der Waals surface area contributed by atoms with Crippen LogP contribution in [0.4, 0.5) is 0 Å². The highest BCUT2D eigenvalue weighted by Gasteiger charge is 2.23. The molecule has 0 amide bonds. The van der Waals surface area contributed by atoms with Crippen LogP contribution < -0.4 is 9.47 Å². The van der Waals surface area contributed by atoms with Crippen molar-refractivity contribution in [2.45, 2.75) is 13.5 Å². The fourth-order valence-electron chi connectivity index (χ4n) is 2.52. The number of furan rings is 1. The maximum absolute atomic E-state index is 12.5. The largest absolute Gasteiger partial charge is 0.497 e. The summed E-state index contributed by atoms with van der Waals surface area (Å²) in [7, 11) is 1.57. The highest BCUT2D eigenvalue weighted by atomic mass is 79.9. The average Bonchev–Trinajstić information content (AvgIpc) is 2.98. The van der Waals surface area contributed by atoms with E-state index in [1.54, 1.807) is 32.2 Å². The molecule has 0 saturated heterocycles. The van der Waals surface area contributed by atoms with Crippen molar-refractivity contribution in [1.29, 1.82) is 0 Å². The molecule has 2 aromatic carbocycles. The van der Waals surface area contributed by atoms with Crippen LogP contribution in [0.3, 0.4) is 0 Å². The van der Waals surface area contributed by atoms with Crippen LogP contribution in [-0.2, 0) is 11.3 Å². The Labute approximate surface area is 167 Å². The topological polar surface area (TPSA) is 57.9 Å². The van der Waals surface area contributed by atoms with Crippen molar-refractivity contribution in [3.05, 3.63) is 56.7 Å². The first-order chi connectivity index (χ1) is 12.5. The summed E-state index contributed by atoms with van der Waals surface area (Å²) < 4.78 is 23.8. The number of fused-ring (bicyclic) bond motifs is 1. The molecular weight excluding hydrogens is 468 g/mol. The third-order valence-electron chi connectivity index (χ3n) is 3.70. The van der Waals surface area contributed by atoms with Crippen molar-refractivity contribution >= 4 is 48.8 Å². The first kappa shape index (κ1) is 18.8. The number of hydrogen-bond donors (Lipinski definition) is 0. The lowest BCUT2D eigenvalue weighted by atomic mass is 10.1. The highest BCUT2D eigenvalue weighted by molar-refractivity contribution is 9.11. The quantitative estimate of drug-likeness (QED) is 0.419. The number of carbonyl (C=O) groups excluding carboxylic acids is 1. The van der Waals surface area contributed by atoms with Crippen LogP contribution >= 0.6 is 31.9 Å². The van der Waals surface area contributed by atoms with Crippen LogP contribution in [0.5, 0.6) is 11.5 Å². The molecule has 5 nitrogen and oxygen atoms in total.